The highest BCUT2D eigenvalue weighted by Crippen LogP contribution is 2.51. The SMILES string of the molecule is CC1(C)c2ccccc2-c2cc(N(c3ccc(C4(c5ccccc5)CCCCCC4)cc3)c3ccc4c(c3)sc3ccccc34)ccc21. The van der Waals surface area contributed by atoms with Crippen molar-refractivity contribution in [1.29, 1.82) is 0 Å². The van der Waals surface area contributed by atoms with Gasteiger partial charge in [0.05, 0.1) is 0 Å². The molecule has 0 radical (unpaired) electrons. The van der Waals surface area contributed by atoms with Gasteiger partial charge in [0.1, 0.15) is 0 Å². The summed E-state index contributed by atoms with van der Waals surface area (Å²) in [5, 5.41) is 2.67. The number of hydrogen-bond acceptors (Lipinski definition) is 2. The maximum absolute atomic E-state index is 2.48. The lowest BCUT2D eigenvalue weighted by Gasteiger charge is -2.35. The molecule has 1 heterocycles. The van der Waals surface area contributed by atoms with Crippen molar-refractivity contribution in [2.24, 2.45) is 0 Å². The summed E-state index contributed by atoms with van der Waals surface area (Å²) >= 11 is 1.89. The third-order valence-corrected chi connectivity index (χ3v) is 12.5. The van der Waals surface area contributed by atoms with Crippen LogP contribution in [0.15, 0.2) is 140 Å². The number of rotatable bonds is 5. The van der Waals surface area contributed by atoms with Crippen LogP contribution in [0.3, 0.4) is 0 Å². The van der Waals surface area contributed by atoms with Crippen LogP contribution in [-0.4, -0.2) is 0 Å². The van der Waals surface area contributed by atoms with Gasteiger partial charge in [0.2, 0.25) is 0 Å². The molecule has 2 aliphatic rings. The van der Waals surface area contributed by atoms with E-state index in [0.29, 0.717) is 0 Å². The van der Waals surface area contributed by atoms with E-state index in [0.717, 1.165) is 0 Å². The van der Waals surface area contributed by atoms with Crippen LogP contribution in [0, 0.1) is 0 Å². The lowest BCUT2D eigenvalue weighted by atomic mass is 9.69. The van der Waals surface area contributed by atoms with Gasteiger partial charge in [-0.3, -0.25) is 0 Å². The average Bonchev–Trinajstić information content (AvgIpc) is 3.46. The molecule has 1 fully saturated rings. The van der Waals surface area contributed by atoms with Crippen molar-refractivity contribution in [1.82, 2.24) is 0 Å². The van der Waals surface area contributed by atoms with Crippen LogP contribution in [-0.2, 0) is 10.8 Å². The van der Waals surface area contributed by atoms with E-state index in [-0.39, 0.29) is 10.8 Å². The van der Waals surface area contributed by atoms with Gasteiger partial charge in [-0.25, -0.2) is 0 Å². The first-order valence-corrected chi connectivity index (χ1v) is 18.5. The topological polar surface area (TPSA) is 3.24 Å². The van der Waals surface area contributed by atoms with E-state index >= 15 is 0 Å². The fourth-order valence-electron chi connectivity index (χ4n) is 8.91. The highest BCUT2D eigenvalue weighted by molar-refractivity contribution is 7.25. The average molecular weight is 640 g/mol. The van der Waals surface area contributed by atoms with Crippen molar-refractivity contribution in [2.45, 2.75) is 63.2 Å². The first-order valence-electron chi connectivity index (χ1n) is 17.6. The molecule has 1 aromatic heterocycles. The Hall–Kier alpha value is -4.66. The Balaban J connectivity index is 1.20. The van der Waals surface area contributed by atoms with Crippen molar-refractivity contribution >= 4 is 48.6 Å². The summed E-state index contributed by atoms with van der Waals surface area (Å²) in [6.07, 6.45) is 7.65. The molecule has 7 aromatic rings. The number of thiophene rings is 1. The van der Waals surface area contributed by atoms with Gasteiger partial charge in [0.25, 0.3) is 0 Å². The second kappa shape index (κ2) is 11.5. The van der Waals surface area contributed by atoms with Gasteiger partial charge in [-0.05, 0) is 88.7 Å². The predicted octanol–water partition coefficient (Wildman–Crippen LogP) is 13.5. The van der Waals surface area contributed by atoms with Crippen molar-refractivity contribution in [3.8, 4) is 11.1 Å². The third-order valence-electron chi connectivity index (χ3n) is 11.4. The Morgan fingerprint density at radius 3 is 1.90 bits per heavy atom. The standard InChI is InChI=1S/C46H41NS/c1-45(2)41-18-10-8-16-37(41)40-30-35(25-27-42(40)45)47(36-24-26-39-38-17-9-11-19-43(38)48-44(39)31-36)34-22-20-33(21-23-34)46(28-12-3-4-13-29-46)32-14-6-5-7-15-32/h5-11,14-27,30-31H,3-4,12-13,28-29H2,1-2H3. The molecule has 0 N–H and O–H groups in total. The zero-order valence-electron chi connectivity index (χ0n) is 27.9. The zero-order chi connectivity index (χ0) is 32.3. The monoisotopic (exact) mass is 639 g/mol. The predicted molar refractivity (Wildman–Crippen MR) is 207 cm³/mol. The lowest BCUT2D eigenvalue weighted by Crippen LogP contribution is -2.27. The summed E-state index contributed by atoms with van der Waals surface area (Å²) in [4.78, 5) is 2.48. The molecule has 0 spiro atoms. The molecule has 1 nitrogen and oxygen atoms in total. The molecule has 48 heavy (non-hydrogen) atoms. The fraction of sp³-hybridized carbons (Fsp3) is 0.217. The maximum Gasteiger partial charge on any atom is 0.0476 e. The van der Waals surface area contributed by atoms with E-state index < -0.39 is 0 Å². The number of nitrogens with zero attached hydrogens (tertiary/aromatic N) is 1. The molecule has 0 atom stereocenters. The van der Waals surface area contributed by atoms with E-state index in [2.05, 4.69) is 158 Å². The molecule has 0 amide bonds. The molecular weight excluding hydrogens is 599 g/mol. The van der Waals surface area contributed by atoms with Gasteiger partial charge in [0, 0.05) is 48.1 Å². The smallest absolute Gasteiger partial charge is 0.0476 e. The summed E-state index contributed by atoms with van der Waals surface area (Å²) in [6.45, 7) is 4.72. The summed E-state index contributed by atoms with van der Waals surface area (Å²) in [6, 6.07) is 52.9. The quantitative estimate of drug-likeness (QED) is 0.169. The van der Waals surface area contributed by atoms with Gasteiger partial charge in [-0.1, -0.05) is 137 Å². The van der Waals surface area contributed by atoms with Gasteiger partial charge in [-0.15, -0.1) is 11.3 Å². The number of fused-ring (bicyclic) bond motifs is 6. The number of hydrogen-bond donors (Lipinski definition) is 0. The first kappa shape index (κ1) is 29.5. The Labute approximate surface area is 288 Å². The first-order chi connectivity index (χ1) is 23.5. The molecule has 236 valence electrons. The van der Waals surface area contributed by atoms with Crippen LogP contribution in [0.1, 0.15) is 74.6 Å². The summed E-state index contributed by atoms with van der Waals surface area (Å²) in [5.74, 6) is 0. The molecule has 2 heteroatoms. The van der Waals surface area contributed by atoms with Gasteiger partial charge in [-0.2, -0.15) is 0 Å². The summed E-state index contributed by atoms with van der Waals surface area (Å²) in [7, 11) is 0. The van der Waals surface area contributed by atoms with E-state index in [4.69, 9.17) is 0 Å². The molecule has 9 rings (SSSR count). The van der Waals surface area contributed by atoms with E-state index in [1.807, 2.05) is 11.3 Å². The van der Waals surface area contributed by atoms with E-state index in [9.17, 15) is 0 Å². The summed E-state index contributed by atoms with van der Waals surface area (Å²) < 4.78 is 2.66. The van der Waals surface area contributed by atoms with Crippen LogP contribution >= 0.6 is 11.3 Å². The molecule has 2 aliphatic carbocycles. The van der Waals surface area contributed by atoms with Crippen LogP contribution in [0.2, 0.25) is 0 Å². The minimum Gasteiger partial charge on any atom is -0.310 e. The molecule has 0 unspecified atom stereocenters. The van der Waals surface area contributed by atoms with Gasteiger partial charge < -0.3 is 4.90 Å². The lowest BCUT2D eigenvalue weighted by molar-refractivity contribution is 0.446. The molecule has 6 aromatic carbocycles. The van der Waals surface area contributed by atoms with E-state index in [1.165, 1.54) is 109 Å². The second-order valence-electron chi connectivity index (χ2n) is 14.4. The molecular formula is C46H41NS. The highest BCUT2D eigenvalue weighted by Gasteiger charge is 2.36. The maximum atomic E-state index is 2.48. The van der Waals surface area contributed by atoms with Crippen LogP contribution in [0.25, 0.3) is 31.3 Å². The molecule has 1 saturated carbocycles. The van der Waals surface area contributed by atoms with E-state index in [1.54, 1.807) is 0 Å². The van der Waals surface area contributed by atoms with Crippen LogP contribution in [0.5, 0.6) is 0 Å². The largest absolute Gasteiger partial charge is 0.310 e. The Morgan fingerprint density at radius 2 is 1.08 bits per heavy atom. The van der Waals surface area contributed by atoms with Crippen molar-refractivity contribution in [2.75, 3.05) is 4.90 Å². The van der Waals surface area contributed by atoms with Gasteiger partial charge in [0.15, 0.2) is 0 Å². The van der Waals surface area contributed by atoms with Crippen molar-refractivity contribution < 1.29 is 0 Å². The normalized spacial score (nSPS) is 16.4. The Morgan fingerprint density at radius 1 is 0.479 bits per heavy atom. The third kappa shape index (κ3) is 4.65. The fourth-order valence-corrected chi connectivity index (χ4v) is 10.1. The van der Waals surface area contributed by atoms with Gasteiger partial charge >= 0.3 is 0 Å². The van der Waals surface area contributed by atoms with Crippen LogP contribution in [0.4, 0.5) is 17.1 Å². The minimum atomic E-state index is -0.0165. The molecule has 0 bridgehead atoms. The van der Waals surface area contributed by atoms with Crippen molar-refractivity contribution in [3.05, 3.63) is 162 Å². The second-order valence-corrected chi connectivity index (χ2v) is 15.5. The minimum absolute atomic E-state index is 0.0165. The van der Waals surface area contributed by atoms with Crippen molar-refractivity contribution in [3.63, 3.8) is 0 Å². The highest BCUT2D eigenvalue weighted by atomic mass is 32.1. The molecule has 0 saturated heterocycles. The Kier molecular flexibility index (Phi) is 7.06. The Bertz CT molecular complexity index is 2270. The molecule has 0 aliphatic heterocycles. The number of benzene rings is 6. The zero-order valence-corrected chi connectivity index (χ0v) is 28.7. The summed E-state index contributed by atoms with van der Waals surface area (Å²) in [5.41, 5.74) is 12.1. The number of anilines is 3. The van der Waals surface area contributed by atoms with Crippen LogP contribution < -0.4 is 4.90 Å².